The summed E-state index contributed by atoms with van der Waals surface area (Å²) in [4.78, 5) is 38.3. The summed E-state index contributed by atoms with van der Waals surface area (Å²) in [6, 6.07) is 5.31. The first kappa shape index (κ1) is 27.0. The maximum atomic E-state index is 12.8. The van der Waals surface area contributed by atoms with E-state index in [1.165, 1.54) is 6.92 Å². The number of ether oxygens (including phenoxy) is 4. The Morgan fingerprint density at radius 3 is 2.42 bits per heavy atom. The Hall–Kier alpha value is -3.56. The van der Waals surface area contributed by atoms with Gasteiger partial charge in [-0.1, -0.05) is 0 Å². The highest BCUT2D eigenvalue weighted by atomic mass is 16.6. The predicted molar refractivity (Wildman–Crippen MR) is 131 cm³/mol. The van der Waals surface area contributed by atoms with Crippen LogP contribution < -0.4 is 9.47 Å². The first-order valence-electron chi connectivity index (χ1n) is 11.9. The van der Waals surface area contributed by atoms with Crippen LogP contribution in [0, 0.1) is 5.92 Å². The van der Waals surface area contributed by atoms with Crippen molar-refractivity contribution in [2.24, 2.45) is 5.92 Å². The van der Waals surface area contributed by atoms with Crippen LogP contribution in [-0.4, -0.2) is 72.5 Å². The van der Waals surface area contributed by atoms with E-state index in [0.29, 0.717) is 55.2 Å². The van der Waals surface area contributed by atoms with Gasteiger partial charge >= 0.3 is 6.09 Å². The van der Waals surface area contributed by atoms with Crippen molar-refractivity contribution >= 4 is 18.3 Å². The summed E-state index contributed by atoms with van der Waals surface area (Å²) in [5.41, 5.74) is 1.46. The van der Waals surface area contributed by atoms with Gasteiger partial charge in [-0.25, -0.2) is 4.79 Å². The number of aromatic amines is 1. The van der Waals surface area contributed by atoms with Crippen molar-refractivity contribution in [1.29, 1.82) is 0 Å². The quantitative estimate of drug-likeness (QED) is 0.491. The average molecular weight is 502 g/mol. The molecule has 0 saturated carbocycles. The highest BCUT2D eigenvalue weighted by molar-refractivity contribution is 5.87. The van der Waals surface area contributed by atoms with E-state index in [9.17, 15) is 14.4 Å². The lowest BCUT2D eigenvalue weighted by Crippen LogP contribution is -2.37. The van der Waals surface area contributed by atoms with E-state index in [4.69, 9.17) is 18.9 Å². The van der Waals surface area contributed by atoms with Crippen LogP contribution >= 0.6 is 0 Å². The summed E-state index contributed by atoms with van der Waals surface area (Å²) in [5, 5.41) is 7.16. The molecule has 2 heterocycles. The number of likely N-dealkylation sites (tertiary alicyclic amines) is 1. The number of ketones is 1. The molecule has 10 nitrogen and oxygen atoms in total. The van der Waals surface area contributed by atoms with Crippen molar-refractivity contribution in [3.05, 3.63) is 41.2 Å². The van der Waals surface area contributed by atoms with E-state index in [1.54, 1.807) is 43.5 Å². The van der Waals surface area contributed by atoms with E-state index in [0.717, 1.165) is 5.56 Å². The molecule has 0 spiro atoms. The second-order valence-corrected chi connectivity index (χ2v) is 9.95. The van der Waals surface area contributed by atoms with Gasteiger partial charge in [-0.3, -0.25) is 14.7 Å². The molecule has 0 bridgehead atoms. The second kappa shape index (κ2) is 11.5. The van der Waals surface area contributed by atoms with Gasteiger partial charge in [0.1, 0.15) is 29.0 Å². The minimum absolute atomic E-state index is 0.0850. The molecule has 3 rings (SSSR count). The number of rotatable bonds is 10. The third-order valence-corrected chi connectivity index (χ3v) is 6.21. The highest BCUT2D eigenvalue weighted by Crippen LogP contribution is 2.34. The van der Waals surface area contributed by atoms with E-state index >= 15 is 0 Å². The molecule has 3 atom stereocenters. The molecule has 1 fully saturated rings. The SMILES string of the molecule is COc1cc(OC)cc(C(C(C)=O)c2[nH]ncc2CC(OC=O)C2CCN(C(=O)OC(C)(C)C)C2)c1. The van der Waals surface area contributed by atoms with Gasteiger partial charge in [0, 0.05) is 31.5 Å². The molecule has 3 unspecified atom stereocenters. The molecule has 36 heavy (non-hydrogen) atoms. The van der Waals surface area contributed by atoms with Crippen LogP contribution in [0.15, 0.2) is 24.4 Å². The fourth-order valence-electron chi connectivity index (χ4n) is 4.53. The van der Waals surface area contributed by atoms with Gasteiger partial charge < -0.3 is 23.8 Å². The van der Waals surface area contributed by atoms with E-state index in [2.05, 4.69) is 10.2 Å². The van der Waals surface area contributed by atoms with Crippen molar-refractivity contribution in [3.63, 3.8) is 0 Å². The van der Waals surface area contributed by atoms with Crippen molar-refractivity contribution in [2.75, 3.05) is 27.3 Å². The standard InChI is InChI=1S/C26H35N3O7/c1-16(31)23(18-9-20(33-5)12-21(10-18)34-6)24-19(13-27-28-24)11-22(35-15-30)17-7-8-29(14-17)25(32)36-26(2,3)4/h9-10,12-13,15,17,22-23H,7-8,11,14H2,1-6H3,(H,27,28). The number of amides is 1. The lowest BCUT2D eigenvalue weighted by atomic mass is 9.87. The molecular formula is C26H35N3O7. The summed E-state index contributed by atoms with van der Waals surface area (Å²) in [6.45, 7) is 8.31. The van der Waals surface area contributed by atoms with E-state index < -0.39 is 17.6 Å². The first-order chi connectivity index (χ1) is 17.1. The van der Waals surface area contributed by atoms with Crippen LogP contribution in [0.5, 0.6) is 11.5 Å². The Kier molecular flexibility index (Phi) is 8.60. The molecule has 1 amide bonds. The van der Waals surface area contributed by atoms with Crippen LogP contribution in [-0.2, 0) is 25.5 Å². The van der Waals surface area contributed by atoms with Crippen molar-refractivity contribution in [3.8, 4) is 11.5 Å². The maximum absolute atomic E-state index is 12.8. The molecule has 10 heteroatoms. The Morgan fingerprint density at radius 1 is 1.19 bits per heavy atom. The largest absolute Gasteiger partial charge is 0.497 e. The third kappa shape index (κ3) is 6.56. The average Bonchev–Trinajstić information content (AvgIpc) is 3.47. The van der Waals surface area contributed by atoms with Crippen LogP contribution in [0.1, 0.15) is 56.9 Å². The molecule has 1 aromatic carbocycles. The minimum Gasteiger partial charge on any atom is -0.497 e. The highest BCUT2D eigenvalue weighted by Gasteiger charge is 2.36. The number of methoxy groups -OCH3 is 2. The van der Waals surface area contributed by atoms with Crippen LogP contribution in [0.3, 0.4) is 0 Å². The molecule has 1 aliphatic heterocycles. The van der Waals surface area contributed by atoms with Crippen molar-refractivity contribution in [2.45, 2.75) is 58.2 Å². The molecule has 0 radical (unpaired) electrons. The molecule has 196 valence electrons. The predicted octanol–water partition coefficient (Wildman–Crippen LogP) is 3.49. The first-order valence-corrected chi connectivity index (χ1v) is 11.9. The zero-order valence-electron chi connectivity index (χ0n) is 21.7. The van der Waals surface area contributed by atoms with E-state index in [-0.39, 0.29) is 17.8 Å². The van der Waals surface area contributed by atoms with Gasteiger partial charge in [0.05, 0.1) is 32.0 Å². The number of H-pyrrole nitrogens is 1. The fraction of sp³-hybridized carbons (Fsp3) is 0.538. The topological polar surface area (TPSA) is 120 Å². The number of hydrogen-bond acceptors (Lipinski definition) is 8. The Labute approximate surface area is 211 Å². The van der Waals surface area contributed by atoms with Crippen molar-refractivity contribution < 1.29 is 33.3 Å². The third-order valence-electron chi connectivity index (χ3n) is 6.21. The summed E-state index contributed by atoms with van der Waals surface area (Å²) in [5.74, 6) is 0.294. The minimum atomic E-state index is -0.648. The van der Waals surface area contributed by atoms with Gasteiger partial charge in [-0.15, -0.1) is 0 Å². The van der Waals surface area contributed by atoms with Gasteiger partial charge in [0.15, 0.2) is 0 Å². The Bertz CT molecular complexity index is 1050. The normalized spacial score (nSPS) is 17.3. The number of Topliss-reactive ketones (excluding diaryl/α,β-unsaturated/α-hetero) is 1. The molecule has 2 aromatic rings. The van der Waals surface area contributed by atoms with E-state index in [1.807, 2.05) is 20.8 Å². The number of carbonyl (C=O) groups is 3. The van der Waals surface area contributed by atoms with Gasteiger partial charge in [-0.2, -0.15) is 5.10 Å². The number of carbonyl (C=O) groups excluding carboxylic acids is 3. The summed E-state index contributed by atoms with van der Waals surface area (Å²) in [7, 11) is 3.10. The van der Waals surface area contributed by atoms with Crippen LogP contribution in [0.2, 0.25) is 0 Å². The summed E-state index contributed by atoms with van der Waals surface area (Å²) >= 11 is 0. The summed E-state index contributed by atoms with van der Waals surface area (Å²) < 4.78 is 21.7. The lowest BCUT2D eigenvalue weighted by Gasteiger charge is -2.26. The van der Waals surface area contributed by atoms with Crippen molar-refractivity contribution in [1.82, 2.24) is 15.1 Å². The number of aromatic nitrogens is 2. The maximum Gasteiger partial charge on any atom is 0.410 e. The number of nitrogens with one attached hydrogen (secondary N) is 1. The monoisotopic (exact) mass is 501 g/mol. The Morgan fingerprint density at radius 2 is 1.86 bits per heavy atom. The molecule has 0 aliphatic carbocycles. The summed E-state index contributed by atoms with van der Waals surface area (Å²) in [6.07, 6.45) is 1.75. The number of hydrogen-bond donors (Lipinski definition) is 1. The molecular weight excluding hydrogens is 466 g/mol. The smallest absolute Gasteiger partial charge is 0.410 e. The molecule has 1 saturated heterocycles. The molecule has 1 aliphatic rings. The zero-order valence-corrected chi connectivity index (χ0v) is 21.7. The van der Waals surface area contributed by atoms with Crippen LogP contribution in [0.25, 0.3) is 0 Å². The number of benzene rings is 1. The van der Waals surface area contributed by atoms with Gasteiger partial charge in [0.2, 0.25) is 0 Å². The second-order valence-electron chi connectivity index (χ2n) is 9.95. The zero-order chi connectivity index (χ0) is 26.5. The van der Waals surface area contributed by atoms with Gasteiger partial charge in [-0.05, 0) is 57.4 Å². The lowest BCUT2D eigenvalue weighted by molar-refractivity contribution is -0.135. The number of nitrogens with zero attached hydrogens (tertiary/aromatic N) is 2. The fourth-order valence-corrected chi connectivity index (χ4v) is 4.53. The molecule has 1 N–H and O–H groups in total. The molecule has 1 aromatic heterocycles. The van der Waals surface area contributed by atoms with Gasteiger partial charge in [0.25, 0.3) is 6.47 Å². The van der Waals surface area contributed by atoms with Crippen LogP contribution in [0.4, 0.5) is 4.79 Å². The Balaban J connectivity index is 1.84.